The molecule has 0 aromatic carbocycles. The van der Waals surface area contributed by atoms with Crippen molar-refractivity contribution in [1.82, 2.24) is 4.90 Å². The molecular weight excluding hydrogens is 266 g/mol. The third-order valence-corrected chi connectivity index (χ3v) is 4.51. The van der Waals surface area contributed by atoms with Crippen LogP contribution in [0.5, 0.6) is 0 Å². The zero-order valence-electron chi connectivity index (χ0n) is 9.96. The summed E-state index contributed by atoms with van der Waals surface area (Å²) in [6.45, 7) is 1.01. The number of piperidine rings is 1. The molecule has 92 valence electrons. The maximum absolute atomic E-state index is 12.4. The Morgan fingerprint density at radius 1 is 1.12 bits per heavy atom. The molecule has 0 aromatic rings. The highest BCUT2D eigenvalue weighted by Gasteiger charge is 2.32. The van der Waals surface area contributed by atoms with E-state index in [-0.39, 0.29) is 0 Å². The van der Waals surface area contributed by atoms with Gasteiger partial charge in [-0.15, -0.1) is 0 Å². The van der Waals surface area contributed by atoms with Gasteiger partial charge in [0, 0.05) is 23.8 Å². The van der Waals surface area contributed by atoms with Crippen molar-refractivity contribution in [3.8, 4) is 0 Å². The summed E-state index contributed by atoms with van der Waals surface area (Å²) in [5, 5.41) is 1.02. The highest BCUT2D eigenvalue weighted by Crippen LogP contribution is 2.30. The van der Waals surface area contributed by atoms with Crippen molar-refractivity contribution in [2.24, 2.45) is 5.92 Å². The molecule has 0 spiro atoms. The van der Waals surface area contributed by atoms with Crippen LogP contribution < -0.4 is 0 Å². The van der Waals surface area contributed by atoms with Crippen LogP contribution in [0.15, 0.2) is 0 Å². The molecule has 0 N–H and O–H groups in total. The lowest BCUT2D eigenvalue weighted by molar-refractivity contribution is -0.139. The Bertz CT molecular complexity index is 236. The average Bonchev–Trinajstić information content (AvgIpc) is 2.83. The van der Waals surface area contributed by atoms with E-state index in [9.17, 15) is 4.79 Å². The normalized spacial score (nSPS) is 27.3. The largest absolute Gasteiger partial charge is 0.339 e. The monoisotopic (exact) mass is 287 g/mol. The zero-order chi connectivity index (χ0) is 11.4. The van der Waals surface area contributed by atoms with E-state index in [0.29, 0.717) is 17.9 Å². The predicted octanol–water partition coefficient (Wildman–Crippen LogP) is 3.34. The number of carbonyl (C=O) groups is 1. The summed E-state index contributed by atoms with van der Waals surface area (Å²) < 4.78 is 0. The van der Waals surface area contributed by atoms with Gasteiger partial charge in [-0.05, 0) is 38.5 Å². The Kier molecular flexibility index (Phi) is 4.68. The molecule has 2 aliphatic rings. The molecular formula is C13H22BrNO. The summed E-state index contributed by atoms with van der Waals surface area (Å²) in [4.78, 5) is 14.6. The lowest BCUT2D eigenvalue weighted by atomic mass is 9.97. The van der Waals surface area contributed by atoms with Gasteiger partial charge in [0.15, 0.2) is 0 Å². The van der Waals surface area contributed by atoms with Gasteiger partial charge in [-0.3, -0.25) is 4.79 Å². The summed E-state index contributed by atoms with van der Waals surface area (Å²) in [6.07, 6.45) is 9.62. The molecule has 16 heavy (non-hydrogen) atoms. The van der Waals surface area contributed by atoms with Crippen LogP contribution in [-0.2, 0) is 4.79 Å². The molecule has 0 bridgehead atoms. The molecule has 1 saturated carbocycles. The molecule has 1 aliphatic heterocycles. The number of carbonyl (C=O) groups excluding carboxylic acids is 1. The van der Waals surface area contributed by atoms with E-state index in [1.807, 2.05) is 0 Å². The molecule has 2 fully saturated rings. The van der Waals surface area contributed by atoms with Crippen molar-refractivity contribution in [3.05, 3.63) is 0 Å². The maximum Gasteiger partial charge on any atom is 0.225 e. The molecule has 0 aromatic heterocycles. The fourth-order valence-corrected chi connectivity index (χ4v) is 3.65. The second kappa shape index (κ2) is 6.04. The first kappa shape index (κ1) is 12.4. The molecule has 1 saturated heterocycles. The van der Waals surface area contributed by atoms with E-state index >= 15 is 0 Å². The third kappa shape index (κ3) is 2.79. The summed E-state index contributed by atoms with van der Waals surface area (Å²) in [5.74, 6) is 0.819. The van der Waals surface area contributed by atoms with Crippen LogP contribution in [-0.4, -0.2) is 28.7 Å². The van der Waals surface area contributed by atoms with Crippen LogP contribution in [0.4, 0.5) is 0 Å². The summed E-state index contributed by atoms with van der Waals surface area (Å²) in [5.41, 5.74) is 0. The number of rotatable bonds is 3. The summed E-state index contributed by atoms with van der Waals surface area (Å²) >= 11 is 3.51. The zero-order valence-corrected chi connectivity index (χ0v) is 11.5. The Balaban J connectivity index is 1.95. The van der Waals surface area contributed by atoms with E-state index < -0.39 is 0 Å². The van der Waals surface area contributed by atoms with Crippen LogP contribution in [0.3, 0.4) is 0 Å². The van der Waals surface area contributed by atoms with Crippen molar-refractivity contribution < 1.29 is 4.79 Å². The third-order valence-electron chi connectivity index (χ3n) is 4.06. The van der Waals surface area contributed by atoms with Gasteiger partial charge in [0.05, 0.1) is 0 Å². The van der Waals surface area contributed by atoms with Crippen molar-refractivity contribution in [3.63, 3.8) is 0 Å². The first-order chi connectivity index (χ1) is 7.83. The predicted molar refractivity (Wildman–Crippen MR) is 69.7 cm³/mol. The molecule has 2 rings (SSSR count). The summed E-state index contributed by atoms with van der Waals surface area (Å²) in [6, 6.07) is 0.515. The van der Waals surface area contributed by atoms with Gasteiger partial charge >= 0.3 is 0 Å². The van der Waals surface area contributed by atoms with Crippen LogP contribution in [0.2, 0.25) is 0 Å². The average molecular weight is 288 g/mol. The van der Waals surface area contributed by atoms with Crippen molar-refractivity contribution >= 4 is 21.8 Å². The van der Waals surface area contributed by atoms with Gasteiger partial charge in [-0.2, -0.15) is 0 Å². The van der Waals surface area contributed by atoms with Gasteiger partial charge < -0.3 is 4.90 Å². The number of hydrogen-bond donors (Lipinski definition) is 0. The van der Waals surface area contributed by atoms with Gasteiger partial charge in [-0.25, -0.2) is 0 Å². The highest BCUT2D eigenvalue weighted by atomic mass is 79.9. The van der Waals surface area contributed by atoms with E-state index in [1.54, 1.807) is 0 Å². The van der Waals surface area contributed by atoms with Gasteiger partial charge in [-0.1, -0.05) is 28.8 Å². The summed E-state index contributed by atoms with van der Waals surface area (Å²) in [7, 11) is 0. The lowest BCUT2D eigenvalue weighted by Gasteiger charge is -2.37. The Morgan fingerprint density at radius 2 is 1.81 bits per heavy atom. The Labute approximate surface area is 107 Å². The van der Waals surface area contributed by atoms with Gasteiger partial charge in [0.1, 0.15) is 0 Å². The number of amides is 1. The van der Waals surface area contributed by atoms with Crippen molar-refractivity contribution in [2.45, 2.75) is 57.4 Å². The van der Waals surface area contributed by atoms with Crippen LogP contribution in [0.25, 0.3) is 0 Å². The second-order valence-corrected chi connectivity index (χ2v) is 5.93. The van der Waals surface area contributed by atoms with E-state index in [1.165, 1.54) is 32.1 Å². The molecule has 1 amide bonds. The van der Waals surface area contributed by atoms with Crippen molar-refractivity contribution in [1.29, 1.82) is 0 Å². The first-order valence-corrected chi connectivity index (χ1v) is 7.81. The molecule has 1 aliphatic carbocycles. The number of halogens is 1. The highest BCUT2D eigenvalue weighted by molar-refractivity contribution is 9.09. The Hall–Kier alpha value is -0.0500. The fraction of sp³-hybridized carbons (Fsp3) is 0.923. The van der Waals surface area contributed by atoms with Crippen LogP contribution in [0.1, 0.15) is 51.4 Å². The second-order valence-electron chi connectivity index (χ2n) is 5.14. The van der Waals surface area contributed by atoms with Crippen molar-refractivity contribution in [2.75, 3.05) is 11.9 Å². The minimum absolute atomic E-state index is 0.357. The SMILES string of the molecule is O=C(C1CCCC1)N1CCCCC1CCBr. The lowest BCUT2D eigenvalue weighted by Crippen LogP contribution is -2.46. The van der Waals surface area contributed by atoms with Gasteiger partial charge in [0.2, 0.25) is 5.91 Å². The van der Waals surface area contributed by atoms with E-state index in [0.717, 1.165) is 31.1 Å². The first-order valence-electron chi connectivity index (χ1n) is 6.69. The van der Waals surface area contributed by atoms with E-state index in [4.69, 9.17) is 0 Å². The van der Waals surface area contributed by atoms with Gasteiger partial charge in [0.25, 0.3) is 0 Å². The minimum atomic E-state index is 0.357. The molecule has 3 heteroatoms. The molecule has 0 radical (unpaired) electrons. The Morgan fingerprint density at radius 3 is 2.50 bits per heavy atom. The maximum atomic E-state index is 12.4. The molecule has 1 unspecified atom stereocenters. The van der Waals surface area contributed by atoms with E-state index in [2.05, 4.69) is 20.8 Å². The number of alkyl halides is 1. The molecule has 1 heterocycles. The number of likely N-dealkylation sites (tertiary alicyclic amines) is 1. The fourth-order valence-electron chi connectivity index (χ4n) is 3.12. The quantitative estimate of drug-likeness (QED) is 0.729. The minimum Gasteiger partial charge on any atom is -0.339 e. The van der Waals surface area contributed by atoms with Crippen LogP contribution >= 0.6 is 15.9 Å². The topological polar surface area (TPSA) is 20.3 Å². The molecule has 2 nitrogen and oxygen atoms in total. The molecule has 1 atom stereocenters. The number of hydrogen-bond acceptors (Lipinski definition) is 1. The standard InChI is InChI=1S/C13H22BrNO/c14-9-8-12-7-3-4-10-15(12)13(16)11-5-1-2-6-11/h11-12H,1-10H2. The smallest absolute Gasteiger partial charge is 0.225 e. The van der Waals surface area contributed by atoms with Crippen LogP contribution in [0, 0.1) is 5.92 Å². The number of nitrogens with zero attached hydrogens (tertiary/aromatic N) is 1.